The lowest BCUT2D eigenvalue weighted by molar-refractivity contribution is 1.01. The first kappa shape index (κ1) is 42.5. The van der Waals surface area contributed by atoms with Crippen LogP contribution in [-0.2, 0) is 0 Å². The lowest BCUT2D eigenvalue weighted by Crippen LogP contribution is -2.16. The van der Waals surface area contributed by atoms with E-state index in [0.717, 1.165) is 34.9 Å². The van der Waals surface area contributed by atoms with Crippen LogP contribution in [0.15, 0.2) is 200 Å². The maximum Gasteiger partial charge on any atom is 0.0491 e. The molecule has 0 saturated heterocycles. The molecule has 312 valence electrons. The van der Waals surface area contributed by atoms with Crippen molar-refractivity contribution >= 4 is 28.4 Å². The molecule has 2 heteroatoms. The summed E-state index contributed by atoms with van der Waals surface area (Å²) in [6, 6.07) is 64.6. The second kappa shape index (κ2) is 18.8. The number of benzene rings is 8. The van der Waals surface area contributed by atoms with Crippen LogP contribution in [0.25, 0.3) is 44.5 Å². The Bertz CT molecular complexity index is 2950. The van der Waals surface area contributed by atoms with E-state index >= 15 is 0 Å². The first-order valence-electron chi connectivity index (χ1n) is 22.3. The summed E-state index contributed by atoms with van der Waals surface area (Å²) in [6.07, 6.45) is 7.37. The molecule has 0 aromatic heterocycles. The summed E-state index contributed by atoms with van der Waals surface area (Å²) in [5.41, 5.74) is 24.5. The predicted molar refractivity (Wildman–Crippen MR) is 273 cm³/mol. The van der Waals surface area contributed by atoms with E-state index in [1.54, 1.807) is 0 Å². The number of anilines is 5. The number of rotatable bonds is 12. The molecule has 0 atom stereocenters. The van der Waals surface area contributed by atoms with Crippen LogP contribution in [0.4, 0.5) is 28.4 Å². The quantitative estimate of drug-likeness (QED) is 0.113. The van der Waals surface area contributed by atoms with Crippen molar-refractivity contribution in [3.63, 3.8) is 0 Å². The van der Waals surface area contributed by atoms with E-state index in [1.165, 1.54) is 83.6 Å². The molecule has 0 N–H and O–H groups in total. The fourth-order valence-corrected chi connectivity index (χ4v) is 9.00. The number of hydrogen-bond acceptors (Lipinski definition) is 2. The van der Waals surface area contributed by atoms with Gasteiger partial charge in [-0.15, -0.1) is 0 Å². The maximum absolute atomic E-state index is 2.41. The van der Waals surface area contributed by atoms with Gasteiger partial charge in [-0.25, -0.2) is 0 Å². The summed E-state index contributed by atoms with van der Waals surface area (Å²) in [4.78, 5) is 4.81. The zero-order valence-corrected chi connectivity index (χ0v) is 38.1. The van der Waals surface area contributed by atoms with Crippen molar-refractivity contribution in [3.05, 3.63) is 233 Å². The third-order valence-electron chi connectivity index (χ3n) is 12.5. The van der Waals surface area contributed by atoms with Crippen LogP contribution in [-0.4, -0.2) is 0 Å². The maximum atomic E-state index is 2.41. The molecule has 0 saturated carbocycles. The van der Waals surface area contributed by atoms with Gasteiger partial charge in [0.25, 0.3) is 0 Å². The topological polar surface area (TPSA) is 6.48 Å². The predicted octanol–water partition coefficient (Wildman–Crippen LogP) is 17.7. The van der Waals surface area contributed by atoms with Crippen LogP contribution < -0.4 is 9.80 Å². The minimum absolute atomic E-state index is 0.890. The number of hydrogen-bond donors (Lipinski definition) is 0. The number of aryl methyl sites for hydroxylation is 5. The molecule has 2 nitrogen and oxygen atoms in total. The van der Waals surface area contributed by atoms with Gasteiger partial charge < -0.3 is 9.80 Å². The summed E-state index contributed by atoms with van der Waals surface area (Å²) >= 11 is 0. The van der Waals surface area contributed by atoms with Crippen molar-refractivity contribution in [3.8, 4) is 44.5 Å². The summed E-state index contributed by atoms with van der Waals surface area (Å²) in [6.45, 7) is 17.6. The van der Waals surface area contributed by atoms with Crippen LogP contribution in [0.5, 0.6) is 0 Å². The minimum Gasteiger partial charge on any atom is -0.314 e. The SMILES string of the molecule is C/C=C\C=C(/CC)N(c1ccc(-c2cccc(-c3ccc(N(c4ccccc4)c4ccc(C)c(-c5ccccc5C)c4)c(C)c3)c2C)cc1)c1ccc(C)c(-c2ccccc2C)c1. The lowest BCUT2D eigenvalue weighted by Gasteiger charge is -2.29. The molecule has 8 aromatic rings. The number of para-hydroxylation sites is 1. The van der Waals surface area contributed by atoms with Crippen molar-refractivity contribution in [1.29, 1.82) is 0 Å². The molecule has 0 amide bonds. The fraction of sp³-hybridized carbons (Fsp3) is 0.148. The highest BCUT2D eigenvalue weighted by Crippen LogP contribution is 2.42. The average molecular weight is 819 g/mol. The molecule has 0 radical (unpaired) electrons. The van der Waals surface area contributed by atoms with Gasteiger partial charge in [0.05, 0.1) is 0 Å². The lowest BCUT2D eigenvalue weighted by atomic mass is 9.91. The Hall–Kier alpha value is -7.16. The second-order valence-electron chi connectivity index (χ2n) is 16.7. The van der Waals surface area contributed by atoms with Crippen LogP contribution in [0.1, 0.15) is 53.6 Å². The van der Waals surface area contributed by atoms with E-state index in [1.807, 2.05) is 0 Å². The van der Waals surface area contributed by atoms with E-state index in [9.17, 15) is 0 Å². The van der Waals surface area contributed by atoms with Crippen LogP contribution in [0.2, 0.25) is 0 Å². The van der Waals surface area contributed by atoms with Crippen LogP contribution >= 0.6 is 0 Å². The highest BCUT2D eigenvalue weighted by molar-refractivity contribution is 5.86. The molecule has 0 unspecified atom stereocenters. The molecule has 8 rings (SSSR count). The number of nitrogens with zero attached hydrogens (tertiary/aromatic N) is 2. The van der Waals surface area contributed by atoms with E-state index < -0.39 is 0 Å². The van der Waals surface area contributed by atoms with Crippen molar-refractivity contribution in [2.24, 2.45) is 0 Å². The Morgan fingerprint density at radius 1 is 0.413 bits per heavy atom. The van der Waals surface area contributed by atoms with Gasteiger partial charge in [-0.05, 0) is 200 Å². The highest BCUT2D eigenvalue weighted by Gasteiger charge is 2.20. The van der Waals surface area contributed by atoms with Crippen LogP contribution in [0, 0.1) is 41.5 Å². The van der Waals surface area contributed by atoms with Gasteiger partial charge in [0, 0.05) is 34.1 Å². The normalized spacial score (nSPS) is 11.6. The first-order valence-corrected chi connectivity index (χ1v) is 22.3. The zero-order chi connectivity index (χ0) is 44.0. The van der Waals surface area contributed by atoms with Gasteiger partial charge in [0.1, 0.15) is 0 Å². The van der Waals surface area contributed by atoms with E-state index in [0.29, 0.717) is 0 Å². The molecule has 8 aromatic carbocycles. The standard InChI is InChI=1S/C61H58N2/c1-9-11-22-50(10-2)62(53-34-29-44(5)59(40-53)55-25-17-15-20-42(55)3)52-36-31-48(32-37-52)57-27-19-28-58(47(57)8)49-33-38-61(46(7)39-49)63(51-23-13-12-14-24-51)54-35-30-45(6)60(41-54)56-26-18-16-21-43(56)4/h9,11-41H,10H2,1-8H3/b11-9-,50-22+. The Labute approximate surface area is 376 Å². The molecule has 0 heterocycles. The van der Waals surface area contributed by atoms with Crippen molar-refractivity contribution in [2.75, 3.05) is 9.80 Å². The molecule has 0 aliphatic heterocycles. The molecular weight excluding hydrogens is 761 g/mol. The molecule has 63 heavy (non-hydrogen) atoms. The Morgan fingerprint density at radius 3 is 1.51 bits per heavy atom. The van der Waals surface area contributed by atoms with Crippen molar-refractivity contribution in [2.45, 2.75) is 61.8 Å². The van der Waals surface area contributed by atoms with Gasteiger partial charge in [-0.1, -0.05) is 134 Å². The number of allylic oxidation sites excluding steroid dienone is 4. The summed E-state index contributed by atoms with van der Waals surface area (Å²) in [7, 11) is 0. The van der Waals surface area contributed by atoms with E-state index in [-0.39, 0.29) is 0 Å². The third-order valence-corrected chi connectivity index (χ3v) is 12.5. The molecular formula is C61H58N2. The molecule has 0 aliphatic rings. The molecule has 0 fully saturated rings. The van der Waals surface area contributed by atoms with Gasteiger partial charge in [0.15, 0.2) is 0 Å². The van der Waals surface area contributed by atoms with E-state index in [2.05, 4.69) is 259 Å². The van der Waals surface area contributed by atoms with E-state index in [4.69, 9.17) is 0 Å². The van der Waals surface area contributed by atoms with Gasteiger partial charge >= 0.3 is 0 Å². The second-order valence-corrected chi connectivity index (χ2v) is 16.7. The van der Waals surface area contributed by atoms with Crippen molar-refractivity contribution in [1.82, 2.24) is 0 Å². The highest BCUT2D eigenvalue weighted by atomic mass is 15.2. The third kappa shape index (κ3) is 8.81. The van der Waals surface area contributed by atoms with Gasteiger partial charge in [0.2, 0.25) is 0 Å². The molecule has 0 bridgehead atoms. The summed E-state index contributed by atoms with van der Waals surface area (Å²) in [5, 5.41) is 0. The summed E-state index contributed by atoms with van der Waals surface area (Å²) < 4.78 is 0. The minimum atomic E-state index is 0.890. The zero-order valence-electron chi connectivity index (χ0n) is 38.1. The van der Waals surface area contributed by atoms with Gasteiger partial charge in [-0.3, -0.25) is 0 Å². The average Bonchev–Trinajstić information content (AvgIpc) is 3.30. The van der Waals surface area contributed by atoms with Crippen LogP contribution in [0.3, 0.4) is 0 Å². The fourth-order valence-electron chi connectivity index (χ4n) is 9.00. The summed E-state index contributed by atoms with van der Waals surface area (Å²) in [5.74, 6) is 0. The molecule has 0 spiro atoms. The largest absolute Gasteiger partial charge is 0.314 e. The Kier molecular flexibility index (Phi) is 12.7. The Balaban J connectivity index is 1.15. The Morgan fingerprint density at radius 2 is 0.921 bits per heavy atom. The monoisotopic (exact) mass is 818 g/mol. The van der Waals surface area contributed by atoms with Crippen molar-refractivity contribution < 1.29 is 0 Å². The van der Waals surface area contributed by atoms with Gasteiger partial charge in [-0.2, -0.15) is 0 Å². The smallest absolute Gasteiger partial charge is 0.0491 e. The first-order chi connectivity index (χ1) is 30.7. The molecule has 0 aliphatic carbocycles.